The summed E-state index contributed by atoms with van der Waals surface area (Å²) in [6.45, 7) is 1.90. The molecule has 2 saturated heterocycles. The van der Waals surface area contributed by atoms with Crippen LogP contribution in [-0.2, 0) is 0 Å². The lowest BCUT2D eigenvalue weighted by molar-refractivity contribution is 0.0680. The number of carbonyl (C=O) groups is 1. The number of rotatable bonds is 3. The molecule has 1 aromatic carbocycles. The Morgan fingerprint density at radius 2 is 1.90 bits per heavy atom. The van der Waals surface area contributed by atoms with E-state index in [0.29, 0.717) is 29.1 Å². The number of ether oxygens (including phenoxy) is 2. The van der Waals surface area contributed by atoms with Gasteiger partial charge in [0.15, 0.2) is 11.5 Å². The number of nitrogens with zero attached hydrogens (tertiary/aromatic N) is 1. The zero-order valence-corrected chi connectivity index (χ0v) is 12.6. The standard InChI is InChI=1S/C16H22N2O3/c1-20-14-6-3-11(9-15(14)21-2)16(19)18-12-4-5-13(18)10-17-8-7-12/h3,6,9,12-13,17H,4-5,7-8,10H2,1-2H3. The van der Waals surface area contributed by atoms with Crippen LogP contribution in [0.15, 0.2) is 18.2 Å². The fourth-order valence-electron chi connectivity index (χ4n) is 3.43. The summed E-state index contributed by atoms with van der Waals surface area (Å²) in [5.74, 6) is 1.35. The Morgan fingerprint density at radius 3 is 2.67 bits per heavy atom. The van der Waals surface area contributed by atoms with Gasteiger partial charge >= 0.3 is 0 Å². The number of amides is 1. The largest absolute Gasteiger partial charge is 0.493 e. The van der Waals surface area contributed by atoms with Crippen molar-refractivity contribution in [2.24, 2.45) is 0 Å². The van der Waals surface area contributed by atoms with E-state index in [1.54, 1.807) is 26.4 Å². The highest BCUT2D eigenvalue weighted by Crippen LogP contribution is 2.32. The van der Waals surface area contributed by atoms with Crippen molar-refractivity contribution in [2.45, 2.75) is 31.3 Å². The van der Waals surface area contributed by atoms with Crippen LogP contribution in [0.25, 0.3) is 0 Å². The highest BCUT2D eigenvalue weighted by atomic mass is 16.5. The molecule has 2 bridgehead atoms. The minimum atomic E-state index is 0.104. The van der Waals surface area contributed by atoms with Gasteiger partial charge in [-0.15, -0.1) is 0 Å². The van der Waals surface area contributed by atoms with Crippen LogP contribution in [0.4, 0.5) is 0 Å². The van der Waals surface area contributed by atoms with Gasteiger partial charge in [0.25, 0.3) is 5.91 Å². The van der Waals surface area contributed by atoms with Crippen molar-refractivity contribution < 1.29 is 14.3 Å². The van der Waals surface area contributed by atoms with E-state index in [9.17, 15) is 4.79 Å². The molecule has 0 spiro atoms. The van der Waals surface area contributed by atoms with Crippen LogP contribution in [0.5, 0.6) is 11.5 Å². The number of hydrogen-bond donors (Lipinski definition) is 1. The normalized spacial score (nSPS) is 24.6. The van der Waals surface area contributed by atoms with E-state index in [1.165, 1.54) is 0 Å². The van der Waals surface area contributed by atoms with Gasteiger partial charge in [-0.3, -0.25) is 4.79 Å². The van der Waals surface area contributed by atoms with Gasteiger partial charge in [-0.05, 0) is 44.0 Å². The van der Waals surface area contributed by atoms with Gasteiger partial charge in [0, 0.05) is 24.2 Å². The Hall–Kier alpha value is -1.75. The first kappa shape index (κ1) is 14.2. The van der Waals surface area contributed by atoms with Crippen LogP contribution in [0.1, 0.15) is 29.6 Å². The maximum atomic E-state index is 12.9. The van der Waals surface area contributed by atoms with Gasteiger partial charge in [-0.2, -0.15) is 0 Å². The molecule has 21 heavy (non-hydrogen) atoms. The van der Waals surface area contributed by atoms with Crippen molar-refractivity contribution in [3.05, 3.63) is 23.8 Å². The summed E-state index contributed by atoms with van der Waals surface area (Å²) in [5.41, 5.74) is 0.673. The number of benzene rings is 1. The molecule has 5 heteroatoms. The first-order valence-electron chi connectivity index (χ1n) is 7.50. The minimum absolute atomic E-state index is 0.104. The summed E-state index contributed by atoms with van der Waals surface area (Å²) in [7, 11) is 3.19. The van der Waals surface area contributed by atoms with E-state index in [2.05, 4.69) is 10.2 Å². The number of carbonyl (C=O) groups excluding carboxylic acids is 1. The van der Waals surface area contributed by atoms with Crippen LogP contribution in [-0.4, -0.2) is 50.2 Å². The monoisotopic (exact) mass is 290 g/mol. The average molecular weight is 290 g/mol. The summed E-state index contributed by atoms with van der Waals surface area (Å²) < 4.78 is 10.5. The molecule has 2 aliphatic rings. The molecular formula is C16H22N2O3. The molecule has 1 amide bonds. The van der Waals surface area contributed by atoms with E-state index in [-0.39, 0.29) is 5.91 Å². The fourth-order valence-corrected chi connectivity index (χ4v) is 3.43. The first-order valence-corrected chi connectivity index (χ1v) is 7.50. The van der Waals surface area contributed by atoms with Crippen LogP contribution in [0.2, 0.25) is 0 Å². The predicted octanol–water partition coefficient (Wildman–Crippen LogP) is 1.67. The van der Waals surface area contributed by atoms with Gasteiger partial charge in [-0.25, -0.2) is 0 Å². The molecule has 2 heterocycles. The van der Waals surface area contributed by atoms with E-state index < -0.39 is 0 Å². The van der Waals surface area contributed by atoms with Crippen LogP contribution in [0.3, 0.4) is 0 Å². The second kappa shape index (κ2) is 5.93. The zero-order valence-electron chi connectivity index (χ0n) is 12.6. The topological polar surface area (TPSA) is 50.8 Å². The molecule has 0 radical (unpaired) electrons. The molecule has 3 rings (SSSR count). The highest BCUT2D eigenvalue weighted by molar-refractivity contribution is 5.95. The summed E-state index contributed by atoms with van der Waals surface area (Å²) in [6, 6.07) is 6.08. The summed E-state index contributed by atoms with van der Waals surface area (Å²) in [6.07, 6.45) is 3.25. The van der Waals surface area contributed by atoms with Crippen LogP contribution >= 0.6 is 0 Å². The first-order chi connectivity index (χ1) is 10.2. The van der Waals surface area contributed by atoms with Crippen molar-refractivity contribution in [1.29, 1.82) is 0 Å². The number of hydrogen-bond acceptors (Lipinski definition) is 4. The lowest BCUT2D eigenvalue weighted by Crippen LogP contribution is -2.42. The predicted molar refractivity (Wildman–Crippen MR) is 80.0 cm³/mol. The van der Waals surface area contributed by atoms with Gasteiger partial charge < -0.3 is 19.7 Å². The van der Waals surface area contributed by atoms with E-state index in [1.807, 2.05) is 6.07 Å². The van der Waals surface area contributed by atoms with Gasteiger partial charge in [-0.1, -0.05) is 0 Å². The van der Waals surface area contributed by atoms with Crippen LogP contribution < -0.4 is 14.8 Å². The molecule has 5 nitrogen and oxygen atoms in total. The van der Waals surface area contributed by atoms with Crippen molar-refractivity contribution in [3.8, 4) is 11.5 Å². The maximum absolute atomic E-state index is 12.9. The third-order valence-electron chi connectivity index (χ3n) is 4.52. The van der Waals surface area contributed by atoms with Crippen LogP contribution in [0, 0.1) is 0 Å². The minimum Gasteiger partial charge on any atom is -0.493 e. The molecule has 1 N–H and O–H groups in total. The molecule has 0 aliphatic carbocycles. The quantitative estimate of drug-likeness (QED) is 0.920. The molecule has 2 unspecified atom stereocenters. The fraction of sp³-hybridized carbons (Fsp3) is 0.562. The van der Waals surface area contributed by atoms with Gasteiger partial charge in [0.1, 0.15) is 0 Å². The summed E-state index contributed by atoms with van der Waals surface area (Å²) in [5, 5.41) is 3.42. The molecule has 114 valence electrons. The van der Waals surface area contributed by atoms with E-state index >= 15 is 0 Å². The van der Waals surface area contributed by atoms with Crippen molar-refractivity contribution in [2.75, 3.05) is 27.3 Å². The molecule has 1 aromatic rings. The number of fused-ring (bicyclic) bond motifs is 2. The van der Waals surface area contributed by atoms with E-state index in [4.69, 9.17) is 9.47 Å². The molecule has 2 atom stereocenters. The van der Waals surface area contributed by atoms with Crippen molar-refractivity contribution in [1.82, 2.24) is 10.2 Å². The SMILES string of the molecule is COc1ccc(C(=O)N2C3CCNCC2CC3)cc1OC. The van der Waals surface area contributed by atoms with Gasteiger partial charge in [0.05, 0.1) is 14.2 Å². The lowest BCUT2D eigenvalue weighted by Gasteiger charge is -2.28. The van der Waals surface area contributed by atoms with Crippen molar-refractivity contribution >= 4 is 5.91 Å². The Morgan fingerprint density at radius 1 is 1.14 bits per heavy atom. The third kappa shape index (κ3) is 2.58. The smallest absolute Gasteiger partial charge is 0.254 e. The number of methoxy groups -OCH3 is 2. The zero-order chi connectivity index (χ0) is 14.8. The maximum Gasteiger partial charge on any atom is 0.254 e. The molecule has 0 saturated carbocycles. The molecule has 2 aliphatic heterocycles. The number of nitrogens with one attached hydrogen (secondary N) is 1. The molecule has 2 fully saturated rings. The Labute approximate surface area is 125 Å². The summed E-state index contributed by atoms with van der Waals surface area (Å²) in [4.78, 5) is 15.0. The Kier molecular flexibility index (Phi) is 4.01. The Bertz CT molecular complexity index is 518. The second-order valence-corrected chi connectivity index (χ2v) is 5.66. The molecular weight excluding hydrogens is 268 g/mol. The third-order valence-corrected chi connectivity index (χ3v) is 4.52. The summed E-state index contributed by atoms with van der Waals surface area (Å²) >= 11 is 0. The van der Waals surface area contributed by atoms with Crippen molar-refractivity contribution in [3.63, 3.8) is 0 Å². The van der Waals surface area contributed by atoms with E-state index in [0.717, 1.165) is 32.4 Å². The average Bonchev–Trinajstić information content (AvgIpc) is 2.78. The Balaban J connectivity index is 1.88. The highest BCUT2D eigenvalue weighted by Gasteiger charge is 2.38. The second-order valence-electron chi connectivity index (χ2n) is 5.66. The molecule has 0 aromatic heterocycles. The van der Waals surface area contributed by atoms with Gasteiger partial charge in [0.2, 0.25) is 0 Å². The lowest BCUT2D eigenvalue weighted by atomic mass is 10.1.